The van der Waals surface area contributed by atoms with Gasteiger partial charge in [0, 0.05) is 19.3 Å². The lowest BCUT2D eigenvalue weighted by atomic mass is 10.1. The van der Waals surface area contributed by atoms with Gasteiger partial charge in [0.15, 0.2) is 0 Å². The molecule has 0 amide bonds. The molecule has 1 aromatic rings. The monoisotopic (exact) mass is 236 g/mol. The summed E-state index contributed by atoms with van der Waals surface area (Å²) in [5, 5.41) is 0. The largest absolute Gasteiger partial charge is 0.377 e. The molecule has 0 spiro atoms. The fourth-order valence-corrected chi connectivity index (χ4v) is 1.80. The summed E-state index contributed by atoms with van der Waals surface area (Å²) in [6.45, 7) is 6.46. The van der Waals surface area contributed by atoms with Gasteiger partial charge in [-0.15, -0.1) is 0 Å². The van der Waals surface area contributed by atoms with Crippen molar-refractivity contribution in [3.63, 3.8) is 0 Å². The molecule has 1 aromatic carbocycles. The Morgan fingerprint density at radius 3 is 2.65 bits per heavy atom. The quantitative estimate of drug-likeness (QED) is 0.787. The van der Waals surface area contributed by atoms with E-state index in [4.69, 9.17) is 10.5 Å². The van der Waals surface area contributed by atoms with Gasteiger partial charge in [-0.2, -0.15) is 0 Å². The predicted octanol–water partition coefficient (Wildman–Crippen LogP) is 2.05. The van der Waals surface area contributed by atoms with Crippen LogP contribution in [0.3, 0.4) is 0 Å². The number of para-hydroxylation sites is 1. The van der Waals surface area contributed by atoms with Crippen LogP contribution >= 0.6 is 0 Å². The normalized spacial score (nSPS) is 10.9. The summed E-state index contributed by atoms with van der Waals surface area (Å²) in [5.74, 6) is 0. The molecule has 0 aliphatic rings. The zero-order chi connectivity index (χ0) is 12.7. The van der Waals surface area contributed by atoms with Crippen molar-refractivity contribution in [1.29, 1.82) is 0 Å². The third kappa shape index (κ3) is 4.75. The Morgan fingerprint density at radius 1 is 1.29 bits per heavy atom. The third-order valence-electron chi connectivity index (χ3n) is 2.69. The molecule has 3 heteroatoms. The number of hydrogen-bond acceptors (Lipinski definition) is 3. The Kier molecular flexibility index (Phi) is 6.01. The molecule has 0 aliphatic carbocycles. The van der Waals surface area contributed by atoms with E-state index in [9.17, 15) is 0 Å². The van der Waals surface area contributed by atoms with Gasteiger partial charge in [-0.25, -0.2) is 0 Å². The third-order valence-corrected chi connectivity index (χ3v) is 2.69. The van der Waals surface area contributed by atoms with Crippen LogP contribution < -0.4 is 10.6 Å². The number of rotatable bonds is 7. The molecule has 0 heterocycles. The highest BCUT2D eigenvalue weighted by atomic mass is 16.5. The number of anilines is 1. The van der Waals surface area contributed by atoms with Crippen LogP contribution in [0, 0.1) is 0 Å². The highest BCUT2D eigenvalue weighted by molar-refractivity contribution is 5.53. The van der Waals surface area contributed by atoms with Crippen molar-refractivity contribution in [2.45, 2.75) is 26.4 Å². The van der Waals surface area contributed by atoms with Crippen molar-refractivity contribution >= 4 is 5.69 Å². The molecule has 1 rings (SSSR count). The number of nitrogens with zero attached hydrogens (tertiary/aromatic N) is 1. The number of nitrogens with two attached hydrogens (primary N) is 1. The summed E-state index contributed by atoms with van der Waals surface area (Å²) >= 11 is 0. The Labute approximate surface area is 105 Å². The van der Waals surface area contributed by atoms with Gasteiger partial charge in [0.05, 0.1) is 12.7 Å². The Morgan fingerprint density at radius 2 is 2.00 bits per heavy atom. The zero-order valence-corrected chi connectivity index (χ0v) is 11.1. The molecule has 0 fully saturated rings. The molecule has 96 valence electrons. The molecule has 0 atom stereocenters. The lowest BCUT2D eigenvalue weighted by molar-refractivity contribution is 0.0846. The first-order chi connectivity index (χ1) is 8.15. The van der Waals surface area contributed by atoms with E-state index < -0.39 is 0 Å². The van der Waals surface area contributed by atoms with Crippen LogP contribution in [0.2, 0.25) is 0 Å². The molecule has 17 heavy (non-hydrogen) atoms. The molecule has 2 N–H and O–H groups in total. The first-order valence-electron chi connectivity index (χ1n) is 6.26. The van der Waals surface area contributed by atoms with Crippen LogP contribution in [-0.2, 0) is 11.2 Å². The second kappa shape index (κ2) is 7.30. The number of ether oxygens (including phenoxy) is 1. The van der Waals surface area contributed by atoms with E-state index in [0.717, 1.165) is 19.6 Å². The minimum atomic E-state index is 0.294. The summed E-state index contributed by atoms with van der Waals surface area (Å²) < 4.78 is 5.57. The summed E-state index contributed by atoms with van der Waals surface area (Å²) in [6.07, 6.45) is 1.22. The molecule has 0 aliphatic heterocycles. The van der Waals surface area contributed by atoms with Crippen LogP contribution in [-0.4, -0.2) is 32.8 Å². The Hall–Kier alpha value is -1.06. The van der Waals surface area contributed by atoms with Gasteiger partial charge in [0.25, 0.3) is 0 Å². The first-order valence-corrected chi connectivity index (χ1v) is 6.26. The summed E-state index contributed by atoms with van der Waals surface area (Å²) in [6, 6.07) is 8.41. The predicted molar refractivity (Wildman–Crippen MR) is 73.6 cm³/mol. The van der Waals surface area contributed by atoms with Crippen LogP contribution in [0.15, 0.2) is 24.3 Å². The minimum Gasteiger partial charge on any atom is -0.377 e. The Balaban J connectivity index is 2.58. The summed E-state index contributed by atoms with van der Waals surface area (Å²) in [4.78, 5) is 2.23. The maximum atomic E-state index is 5.63. The highest BCUT2D eigenvalue weighted by Crippen LogP contribution is 2.19. The maximum absolute atomic E-state index is 5.63. The van der Waals surface area contributed by atoms with Gasteiger partial charge in [-0.05, 0) is 38.4 Å². The van der Waals surface area contributed by atoms with Crippen molar-refractivity contribution in [2.24, 2.45) is 5.73 Å². The van der Waals surface area contributed by atoms with E-state index in [0.29, 0.717) is 12.6 Å². The minimum absolute atomic E-state index is 0.294. The molecular weight excluding hydrogens is 212 g/mol. The van der Waals surface area contributed by atoms with E-state index in [1.165, 1.54) is 11.3 Å². The average molecular weight is 236 g/mol. The van der Waals surface area contributed by atoms with Gasteiger partial charge < -0.3 is 15.4 Å². The molecule has 0 saturated heterocycles. The van der Waals surface area contributed by atoms with Crippen LogP contribution in [0.5, 0.6) is 0 Å². The number of likely N-dealkylation sites (N-methyl/N-ethyl adjacent to an activating group) is 1. The second-order valence-corrected chi connectivity index (χ2v) is 4.51. The van der Waals surface area contributed by atoms with E-state index in [1.807, 2.05) is 0 Å². The van der Waals surface area contributed by atoms with E-state index in [1.54, 1.807) is 0 Å². The zero-order valence-electron chi connectivity index (χ0n) is 11.1. The van der Waals surface area contributed by atoms with E-state index in [-0.39, 0.29) is 0 Å². The molecule has 0 unspecified atom stereocenters. The van der Waals surface area contributed by atoms with Crippen molar-refractivity contribution in [2.75, 3.05) is 31.6 Å². The molecular formula is C14H24N2O. The lowest BCUT2D eigenvalue weighted by Gasteiger charge is -2.22. The van der Waals surface area contributed by atoms with Gasteiger partial charge in [-0.1, -0.05) is 18.2 Å². The standard InChI is InChI=1S/C14H24N2O/c1-12(2)17-11-10-16(3)14-7-5-4-6-13(14)8-9-15/h4-7,12H,8-11,15H2,1-3H3. The number of benzene rings is 1. The molecule has 3 nitrogen and oxygen atoms in total. The first kappa shape index (κ1) is 14.0. The fraction of sp³-hybridized carbons (Fsp3) is 0.571. The van der Waals surface area contributed by atoms with Crippen molar-refractivity contribution < 1.29 is 4.74 Å². The van der Waals surface area contributed by atoms with Crippen molar-refractivity contribution in [3.05, 3.63) is 29.8 Å². The van der Waals surface area contributed by atoms with Crippen LogP contribution in [0.25, 0.3) is 0 Å². The average Bonchev–Trinajstić information content (AvgIpc) is 2.29. The number of hydrogen-bond donors (Lipinski definition) is 1. The summed E-state index contributed by atoms with van der Waals surface area (Å²) in [7, 11) is 2.10. The van der Waals surface area contributed by atoms with Crippen molar-refractivity contribution in [1.82, 2.24) is 0 Å². The van der Waals surface area contributed by atoms with Crippen LogP contribution in [0.4, 0.5) is 5.69 Å². The topological polar surface area (TPSA) is 38.5 Å². The molecule has 0 saturated carbocycles. The summed E-state index contributed by atoms with van der Waals surface area (Å²) in [5.41, 5.74) is 8.19. The fourth-order valence-electron chi connectivity index (χ4n) is 1.80. The maximum Gasteiger partial charge on any atom is 0.0644 e. The van der Waals surface area contributed by atoms with Crippen LogP contribution in [0.1, 0.15) is 19.4 Å². The van der Waals surface area contributed by atoms with Gasteiger partial charge >= 0.3 is 0 Å². The van der Waals surface area contributed by atoms with Gasteiger partial charge in [-0.3, -0.25) is 0 Å². The van der Waals surface area contributed by atoms with Gasteiger partial charge in [0.2, 0.25) is 0 Å². The van der Waals surface area contributed by atoms with E-state index >= 15 is 0 Å². The lowest BCUT2D eigenvalue weighted by Crippen LogP contribution is -2.25. The van der Waals surface area contributed by atoms with Crippen molar-refractivity contribution in [3.8, 4) is 0 Å². The highest BCUT2D eigenvalue weighted by Gasteiger charge is 2.06. The Bertz CT molecular complexity index is 326. The molecule has 0 bridgehead atoms. The molecule has 0 radical (unpaired) electrons. The SMILES string of the molecule is CC(C)OCCN(C)c1ccccc1CCN. The second-order valence-electron chi connectivity index (χ2n) is 4.51. The van der Waals surface area contributed by atoms with E-state index in [2.05, 4.69) is 50.1 Å². The van der Waals surface area contributed by atoms with Gasteiger partial charge in [0.1, 0.15) is 0 Å². The molecule has 0 aromatic heterocycles. The smallest absolute Gasteiger partial charge is 0.0644 e.